The Hall–Kier alpha value is -3.55. The number of carbonyl (C=O) groups excluding carboxylic acids is 2. The van der Waals surface area contributed by atoms with E-state index in [2.05, 4.69) is 20.7 Å². The van der Waals surface area contributed by atoms with Gasteiger partial charge in [-0.15, -0.1) is 0 Å². The van der Waals surface area contributed by atoms with Crippen LogP contribution >= 0.6 is 0 Å². The van der Waals surface area contributed by atoms with Crippen molar-refractivity contribution in [3.8, 4) is 5.69 Å². The highest BCUT2D eigenvalue weighted by Gasteiger charge is 2.11. The highest BCUT2D eigenvalue weighted by atomic mass is 19.1. The number of nitrogens with zero attached hydrogens (tertiary/aromatic N) is 3. The number of nitrogens with one attached hydrogen (secondary N) is 2. The number of benzene rings is 1. The highest BCUT2D eigenvalue weighted by Crippen LogP contribution is 2.09. The van der Waals surface area contributed by atoms with E-state index in [-0.39, 0.29) is 30.4 Å². The van der Waals surface area contributed by atoms with Crippen molar-refractivity contribution >= 4 is 17.6 Å². The quantitative estimate of drug-likeness (QED) is 0.711. The van der Waals surface area contributed by atoms with Crippen LogP contribution in [-0.2, 0) is 4.79 Å². The zero-order valence-electron chi connectivity index (χ0n) is 13.7. The molecule has 0 unspecified atom stereocenters. The number of rotatable bonds is 6. The van der Waals surface area contributed by atoms with Crippen LogP contribution in [0.5, 0.6) is 0 Å². The number of carbonyl (C=O) groups is 2. The van der Waals surface area contributed by atoms with Gasteiger partial charge in [0.15, 0.2) is 5.69 Å². The summed E-state index contributed by atoms with van der Waals surface area (Å²) in [5, 5.41) is 9.37. The van der Waals surface area contributed by atoms with Crippen LogP contribution in [0.2, 0.25) is 0 Å². The summed E-state index contributed by atoms with van der Waals surface area (Å²) in [6.45, 7) is 0.157. The first kappa shape index (κ1) is 17.3. The monoisotopic (exact) mass is 353 g/mol. The van der Waals surface area contributed by atoms with E-state index >= 15 is 0 Å². The molecule has 0 aliphatic heterocycles. The maximum Gasteiger partial charge on any atom is 0.271 e. The van der Waals surface area contributed by atoms with Gasteiger partial charge in [-0.3, -0.25) is 9.59 Å². The third-order valence-corrected chi connectivity index (χ3v) is 3.46. The lowest BCUT2D eigenvalue weighted by Crippen LogP contribution is -2.28. The molecule has 2 N–H and O–H groups in total. The first-order valence-electron chi connectivity index (χ1n) is 7.92. The summed E-state index contributed by atoms with van der Waals surface area (Å²) < 4.78 is 14.7. The molecule has 2 amide bonds. The van der Waals surface area contributed by atoms with E-state index in [0.717, 1.165) is 0 Å². The summed E-state index contributed by atoms with van der Waals surface area (Å²) in [5.41, 5.74) is 0.693. The Morgan fingerprint density at radius 1 is 1.12 bits per heavy atom. The van der Waals surface area contributed by atoms with Gasteiger partial charge in [-0.25, -0.2) is 14.1 Å². The van der Waals surface area contributed by atoms with E-state index in [1.54, 1.807) is 42.7 Å². The van der Waals surface area contributed by atoms with Crippen LogP contribution in [0.25, 0.3) is 5.69 Å². The van der Waals surface area contributed by atoms with Gasteiger partial charge in [-0.1, -0.05) is 12.1 Å². The molecule has 8 heteroatoms. The van der Waals surface area contributed by atoms with E-state index in [9.17, 15) is 14.0 Å². The van der Waals surface area contributed by atoms with Crippen molar-refractivity contribution in [1.29, 1.82) is 0 Å². The number of amides is 2. The third kappa shape index (κ3) is 4.50. The molecule has 26 heavy (non-hydrogen) atoms. The van der Waals surface area contributed by atoms with Crippen molar-refractivity contribution in [2.75, 3.05) is 11.9 Å². The molecule has 0 bridgehead atoms. The fourth-order valence-corrected chi connectivity index (χ4v) is 2.23. The smallest absolute Gasteiger partial charge is 0.271 e. The first-order chi connectivity index (χ1) is 12.6. The maximum atomic E-state index is 13.3. The Morgan fingerprint density at radius 3 is 2.77 bits per heavy atom. The molecule has 1 aromatic carbocycles. The van der Waals surface area contributed by atoms with E-state index < -0.39 is 5.91 Å². The van der Waals surface area contributed by atoms with Gasteiger partial charge in [0.25, 0.3) is 5.91 Å². The molecule has 0 radical (unpaired) electrons. The predicted octanol–water partition coefficient (Wildman–Crippen LogP) is 2.17. The van der Waals surface area contributed by atoms with Crippen LogP contribution < -0.4 is 10.6 Å². The van der Waals surface area contributed by atoms with Crippen molar-refractivity contribution in [2.24, 2.45) is 0 Å². The molecule has 0 spiro atoms. The van der Waals surface area contributed by atoms with Crippen molar-refractivity contribution in [2.45, 2.75) is 6.42 Å². The van der Waals surface area contributed by atoms with Crippen LogP contribution in [0.4, 0.5) is 10.2 Å². The fourth-order valence-electron chi connectivity index (χ4n) is 2.23. The molecule has 0 atom stereocenters. The third-order valence-electron chi connectivity index (χ3n) is 3.46. The van der Waals surface area contributed by atoms with Crippen molar-refractivity contribution in [1.82, 2.24) is 20.1 Å². The van der Waals surface area contributed by atoms with E-state index in [4.69, 9.17) is 0 Å². The lowest BCUT2D eigenvalue weighted by atomic mass is 10.3. The Labute approximate surface area is 148 Å². The zero-order chi connectivity index (χ0) is 18.4. The number of anilines is 1. The minimum absolute atomic E-state index is 0.104. The van der Waals surface area contributed by atoms with Gasteiger partial charge in [0, 0.05) is 25.4 Å². The normalized spacial score (nSPS) is 10.3. The van der Waals surface area contributed by atoms with Crippen LogP contribution in [0.3, 0.4) is 0 Å². The number of aromatic nitrogens is 3. The van der Waals surface area contributed by atoms with Crippen molar-refractivity contribution < 1.29 is 14.0 Å². The second-order valence-electron chi connectivity index (χ2n) is 5.39. The second kappa shape index (κ2) is 8.02. The molecule has 0 aliphatic carbocycles. The Balaban J connectivity index is 1.50. The highest BCUT2D eigenvalue weighted by molar-refractivity contribution is 5.93. The Kier molecular flexibility index (Phi) is 5.33. The summed E-state index contributed by atoms with van der Waals surface area (Å²) in [5.74, 6) is -0.597. The average molecular weight is 353 g/mol. The summed E-state index contributed by atoms with van der Waals surface area (Å²) in [6.07, 6.45) is 3.25. The molecule has 0 aliphatic rings. The first-order valence-corrected chi connectivity index (χ1v) is 7.92. The van der Waals surface area contributed by atoms with E-state index in [1.165, 1.54) is 22.9 Å². The van der Waals surface area contributed by atoms with Crippen LogP contribution in [0.15, 0.2) is 60.9 Å². The standard InChI is InChI=1S/C18H16FN5O2/c19-13-4-3-5-14(12-13)24-11-8-15(23-24)18(26)21-10-7-17(25)22-16-6-1-2-9-20-16/h1-6,8-9,11-12H,7,10H2,(H,21,26)(H,20,22,25). The number of hydrogen-bond donors (Lipinski definition) is 2. The largest absolute Gasteiger partial charge is 0.350 e. The van der Waals surface area contributed by atoms with E-state index in [1.807, 2.05) is 0 Å². The van der Waals surface area contributed by atoms with Gasteiger partial charge in [-0.2, -0.15) is 5.10 Å². The van der Waals surface area contributed by atoms with Gasteiger partial charge in [0.1, 0.15) is 11.6 Å². The lowest BCUT2D eigenvalue weighted by molar-refractivity contribution is -0.116. The minimum atomic E-state index is -0.411. The molecule has 3 rings (SSSR count). The van der Waals surface area contributed by atoms with Crippen LogP contribution in [-0.4, -0.2) is 33.1 Å². The zero-order valence-corrected chi connectivity index (χ0v) is 13.7. The van der Waals surface area contributed by atoms with Gasteiger partial charge >= 0.3 is 0 Å². The molecule has 7 nitrogen and oxygen atoms in total. The average Bonchev–Trinajstić information content (AvgIpc) is 3.13. The van der Waals surface area contributed by atoms with E-state index in [0.29, 0.717) is 11.5 Å². The molecular weight excluding hydrogens is 337 g/mol. The molecule has 132 valence electrons. The summed E-state index contributed by atoms with van der Waals surface area (Å²) >= 11 is 0. The minimum Gasteiger partial charge on any atom is -0.350 e. The predicted molar refractivity (Wildman–Crippen MR) is 93.3 cm³/mol. The summed E-state index contributed by atoms with van der Waals surface area (Å²) in [7, 11) is 0. The molecule has 0 saturated heterocycles. The van der Waals surface area contributed by atoms with Crippen LogP contribution in [0.1, 0.15) is 16.9 Å². The molecule has 3 aromatic rings. The van der Waals surface area contributed by atoms with Crippen molar-refractivity contribution in [3.63, 3.8) is 0 Å². The lowest BCUT2D eigenvalue weighted by Gasteiger charge is -2.05. The molecule has 2 aromatic heterocycles. The maximum absolute atomic E-state index is 13.3. The fraction of sp³-hybridized carbons (Fsp3) is 0.111. The van der Waals surface area contributed by atoms with Gasteiger partial charge < -0.3 is 10.6 Å². The van der Waals surface area contributed by atoms with Gasteiger partial charge in [0.2, 0.25) is 5.91 Å². The number of hydrogen-bond acceptors (Lipinski definition) is 4. The van der Waals surface area contributed by atoms with Gasteiger partial charge in [-0.05, 0) is 36.4 Å². The topological polar surface area (TPSA) is 88.9 Å². The van der Waals surface area contributed by atoms with Gasteiger partial charge in [0.05, 0.1) is 5.69 Å². The second-order valence-corrected chi connectivity index (χ2v) is 5.39. The number of halogens is 1. The summed E-state index contributed by atoms with van der Waals surface area (Å²) in [4.78, 5) is 27.9. The molecule has 0 fully saturated rings. The van der Waals surface area contributed by atoms with Crippen LogP contribution in [0, 0.1) is 5.82 Å². The molecular formula is C18H16FN5O2. The van der Waals surface area contributed by atoms with Crippen molar-refractivity contribution in [3.05, 3.63) is 72.4 Å². The summed E-state index contributed by atoms with van der Waals surface area (Å²) in [6, 6.07) is 12.6. The Morgan fingerprint density at radius 2 is 2.00 bits per heavy atom. The Bertz CT molecular complexity index is 911. The molecule has 2 heterocycles. The molecule has 0 saturated carbocycles. The number of pyridine rings is 1. The SMILES string of the molecule is O=C(CCNC(=O)c1ccn(-c2cccc(F)c2)n1)Nc1ccccn1.